The summed E-state index contributed by atoms with van der Waals surface area (Å²) in [6.45, 7) is -0.592. The summed E-state index contributed by atoms with van der Waals surface area (Å²) < 4.78 is 44.0. The lowest BCUT2D eigenvalue weighted by Gasteiger charge is -2.09. The monoisotopic (exact) mass is 432 g/mol. The van der Waals surface area contributed by atoms with E-state index in [4.69, 9.17) is 11.6 Å². The zero-order chi connectivity index (χ0) is 18.2. The van der Waals surface area contributed by atoms with E-state index in [2.05, 4.69) is 25.7 Å². The Balaban J connectivity index is 2.06. The van der Waals surface area contributed by atoms with Crippen LogP contribution in [0.2, 0.25) is 5.02 Å². The lowest BCUT2D eigenvalue weighted by atomic mass is 10.1. The van der Waals surface area contributed by atoms with Crippen molar-refractivity contribution in [2.24, 2.45) is 0 Å². The Labute approximate surface area is 153 Å². The number of alkyl halides is 3. The van der Waals surface area contributed by atoms with Crippen LogP contribution in [0.1, 0.15) is 5.69 Å². The molecule has 0 unspecified atom stereocenters. The number of hydrogen-bond acceptors (Lipinski definition) is 3. The predicted molar refractivity (Wildman–Crippen MR) is 89.2 cm³/mol. The molecule has 9 heteroatoms. The number of pyridine rings is 1. The number of halogens is 5. The molecule has 3 aromatic rings. The molecule has 0 radical (unpaired) electrons. The van der Waals surface area contributed by atoms with Crippen LogP contribution in [0.4, 0.5) is 13.2 Å². The number of nitrogens with zero attached hydrogens (tertiary/aromatic N) is 2. The van der Waals surface area contributed by atoms with Gasteiger partial charge >= 0.3 is 12.1 Å². The molecule has 0 aliphatic rings. The van der Waals surface area contributed by atoms with Crippen LogP contribution in [0.25, 0.3) is 16.9 Å². The van der Waals surface area contributed by atoms with Gasteiger partial charge in [0.05, 0.1) is 16.4 Å². The van der Waals surface area contributed by atoms with E-state index >= 15 is 0 Å². The molecule has 3 rings (SSSR count). The molecule has 0 atom stereocenters. The van der Waals surface area contributed by atoms with E-state index in [1.165, 1.54) is 10.6 Å². The number of aromatic nitrogens is 2. The predicted octanol–water partition coefficient (Wildman–Crippen LogP) is 5.02. The van der Waals surface area contributed by atoms with E-state index in [-0.39, 0.29) is 5.69 Å². The Hall–Kier alpha value is -2.06. The van der Waals surface area contributed by atoms with E-state index in [0.29, 0.717) is 21.9 Å². The van der Waals surface area contributed by atoms with Crippen LogP contribution in [0.5, 0.6) is 0 Å². The van der Waals surface area contributed by atoms with E-state index < -0.39 is 18.8 Å². The molecule has 1 aromatic carbocycles. The number of hydrogen-bond donors (Lipinski definition) is 0. The first kappa shape index (κ1) is 17.8. The second kappa shape index (κ2) is 6.68. The maximum atomic E-state index is 12.4. The molecule has 0 amide bonds. The number of ether oxygens (including phenoxy) is 1. The minimum absolute atomic E-state index is 0.289. The summed E-state index contributed by atoms with van der Waals surface area (Å²) in [6, 6.07) is 10.3. The fraction of sp³-hybridized carbons (Fsp3) is 0.125. The number of rotatable bonds is 3. The van der Waals surface area contributed by atoms with Crippen molar-refractivity contribution >= 4 is 39.1 Å². The third-order valence-electron chi connectivity index (χ3n) is 3.37. The van der Waals surface area contributed by atoms with Crippen molar-refractivity contribution in [2.75, 3.05) is 0 Å². The molecule has 0 bridgehead atoms. The summed E-state index contributed by atoms with van der Waals surface area (Å²) in [6.07, 6.45) is -3.56. The molecule has 0 saturated heterocycles. The summed E-state index contributed by atoms with van der Waals surface area (Å²) in [5, 5.41) is 0.371. The van der Waals surface area contributed by atoms with E-state index in [9.17, 15) is 18.0 Å². The minimum atomic E-state index is -5.06. The van der Waals surface area contributed by atoms with Gasteiger partial charge in [-0.05, 0) is 24.3 Å². The van der Waals surface area contributed by atoms with Gasteiger partial charge in [-0.15, -0.1) is 0 Å². The fourth-order valence-electron chi connectivity index (χ4n) is 2.26. The Bertz CT molecular complexity index is 939. The van der Waals surface area contributed by atoms with Gasteiger partial charge in [0.1, 0.15) is 12.3 Å². The first-order chi connectivity index (χ1) is 11.8. The standard InChI is InChI=1S/C16H9BrClF3N2O2/c17-10-3-1-9(2-4-10)14-12(8-25-15(24)16(19,20)21)23-7-11(18)5-6-13(23)22-14/h1-7H,8H2. The Morgan fingerprint density at radius 1 is 1.20 bits per heavy atom. The molecule has 0 fully saturated rings. The van der Waals surface area contributed by atoms with Gasteiger partial charge in [0, 0.05) is 16.2 Å². The number of fused-ring (bicyclic) bond motifs is 1. The summed E-state index contributed by atoms with van der Waals surface area (Å²) in [5.41, 5.74) is 1.84. The SMILES string of the molecule is O=C(OCc1c(-c2ccc(Br)cc2)nc2ccc(Cl)cn12)C(F)(F)F. The highest BCUT2D eigenvalue weighted by atomic mass is 79.9. The van der Waals surface area contributed by atoms with Gasteiger partial charge in [0.15, 0.2) is 0 Å². The van der Waals surface area contributed by atoms with Gasteiger partial charge < -0.3 is 4.74 Å². The smallest absolute Gasteiger partial charge is 0.453 e. The van der Waals surface area contributed by atoms with Crippen molar-refractivity contribution in [1.29, 1.82) is 0 Å². The molecule has 2 heterocycles. The number of carbonyl (C=O) groups is 1. The third-order valence-corrected chi connectivity index (χ3v) is 4.12. The molecule has 0 spiro atoms. The van der Waals surface area contributed by atoms with Gasteiger partial charge in [-0.2, -0.15) is 13.2 Å². The quantitative estimate of drug-likeness (QED) is 0.545. The molecule has 0 aliphatic heterocycles. The van der Waals surface area contributed by atoms with Crippen LogP contribution in [0.3, 0.4) is 0 Å². The lowest BCUT2D eigenvalue weighted by Crippen LogP contribution is -2.25. The molecular formula is C16H9BrClF3N2O2. The summed E-state index contributed by atoms with van der Waals surface area (Å²) in [4.78, 5) is 15.5. The molecule has 0 aliphatic carbocycles. The van der Waals surface area contributed by atoms with Gasteiger partial charge in [-0.25, -0.2) is 9.78 Å². The summed E-state index contributed by atoms with van der Waals surface area (Å²) in [7, 11) is 0. The van der Waals surface area contributed by atoms with Crippen molar-refractivity contribution in [1.82, 2.24) is 9.38 Å². The number of benzene rings is 1. The Morgan fingerprint density at radius 3 is 2.52 bits per heavy atom. The first-order valence-corrected chi connectivity index (χ1v) is 8.09. The van der Waals surface area contributed by atoms with Crippen molar-refractivity contribution in [3.05, 3.63) is 57.8 Å². The van der Waals surface area contributed by atoms with E-state index in [1.54, 1.807) is 36.4 Å². The topological polar surface area (TPSA) is 43.6 Å². The van der Waals surface area contributed by atoms with Gasteiger partial charge in [0.25, 0.3) is 0 Å². The molecule has 25 heavy (non-hydrogen) atoms. The highest BCUT2D eigenvalue weighted by molar-refractivity contribution is 9.10. The second-order valence-corrected chi connectivity index (χ2v) is 6.42. The van der Waals surface area contributed by atoms with Gasteiger partial charge in [0.2, 0.25) is 0 Å². The van der Waals surface area contributed by atoms with Crippen molar-refractivity contribution in [3.63, 3.8) is 0 Å². The van der Waals surface area contributed by atoms with Crippen molar-refractivity contribution in [2.45, 2.75) is 12.8 Å². The highest BCUT2D eigenvalue weighted by Gasteiger charge is 2.41. The minimum Gasteiger partial charge on any atom is -0.453 e. The van der Waals surface area contributed by atoms with Crippen LogP contribution < -0.4 is 0 Å². The molecule has 4 nitrogen and oxygen atoms in total. The number of carbonyl (C=O) groups excluding carboxylic acids is 1. The van der Waals surface area contributed by atoms with Crippen LogP contribution >= 0.6 is 27.5 Å². The maximum Gasteiger partial charge on any atom is 0.490 e. The van der Waals surface area contributed by atoms with Gasteiger partial charge in [-0.1, -0.05) is 39.7 Å². The molecule has 2 aromatic heterocycles. The van der Waals surface area contributed by atoms with Crippen molar-refractivity contribution < 1.29 is 22.7 Å². The van der Waals surface area contributed by atoms with Crippen molar-refractivity contribution in [3.8, 4) is 11.3 Å². The summed E-state index contributed by atoms with van der Waals surface area (Å²) in [5.74, 6) is -2.26. The number of imidazole rings is 1. The average molecular weight is 434 g/mol. The van der Waals surface area contributed by atoms with E-state index in [1.807, 2.05) is 0 Å². The normalized spacial score (nSPS) is 11.7. The van der Waals surface area contributed by atoms with E-state index in [0.717, 1.165) is 4.47 Å². The summed E-state index contributed by atoms with van der Waals surface area (Å²) >= 11 is 9.27. The number of esters is 1. The second-order valence-electron chi connectivity index (χ2n) is 5.06. The Morgan fingerprint density at radius 2 is 1.88 bits per heavy atom. The zero-order valence-corrected chi connectivity index (χ0v) is 14.7. The average Bonchev–Trinajstić information content (AvgIpc) is 2.90. The molecule has 130 valence electrons. The fourth-order valence-corrected chi connectivity index (χ4v) is 2.68. The zero-order valence-electron chi connectivity index (χ0n) is 12.3. The molecule has 0 N–H and O–H groups in total. The van der Waals surface area contributed by atoms with Crippen LogP contribution in [-0.2, 0) is 16.1 Å². The third kappa shape index (κ3) is 3.80. The van der Waals surface area contributed by atoms with Crippen LogP contribution in [0.15, 0.2) is 47.1 Å². The lowest BCUT2D eigenvalue weighted by molar-refractivity contribution is -0.201. The van der Waals surface area contributed by atoms with Crippen LogP contribution in [-0.4, -0.2) is 21.5 Å². The maximum absolute atomic E-state index is 12.4. The largest absolute Gasteiger partial charge is 0.490 e. The molecule has 0 saturated carbocycles. The highest BCUT2D eigenvalue weighted by Crippen LogP contribution is 2.28. The molecular weight excluding hydrogens is 425 g/mol. The first-order valence-electron chi connectivity index (χ1n) is 6.92. The Kier molecular flexibility index (Phi) is 4.75. The van der Waals surface area contributed by atoms with Crippen LogP contribution in [0, 0.1) is 0 Å². The van der Waals surface area contributed by atoms with Gasteiger partial charge in [-0.3, -0.25) is 4.40 Å².